The average molecular weight is 422 g/mol. The van der Waals surface area contributed by atoms with Crippen molar-refractivity contribution in [1.29, 1.82) is 0 Å². The van der Waals surface area contributed by atoms with Crippen molar-refractivity contribution in [2.24, 2.45) is 18.7 Å². The van der Waals surface area contributed by atoms with Crippen LogP contribution >= 0.6 is 24.8 Å². The highest BCUT2D eigenvalue weighted by Gasteiger charge is 2.17. The summed E-state index contributed by atoms with van der Waals surface area (Å²) in [4.78, 5) is 27.9. The predicted octanol–water partition coefficient (Wildman–Crippen LogP) is 1.31. The number of nitrogens with two attached hydrogens (primary N) is 1. The molecule has 1 aromatic carbocycles. The molecule has 1 aromatic heterocycles. The maximum Gasteiger partial charge on any atom is 0.239 e. The van der Waals surface area contributed by atoms with E-state index in [0.29, 0.717) is 18.5 Å². The van der Waals surface area contributed by atoms with Gasteiger partial charge in [-0.1, -0.05) is 13.8 Å². The minimum atomic E-state index is -0.631. The Bertz CT molecular complexity index is 782. The lowest BCUT2D eigenvalue weighted by molar-refractivity contribution is -0.127. The second-order valence-electron chi connectivity index (χ2n) is 6.31. The molecule has 2 rings (SSSR count). The lowest BCUT2D eigenvalue weighted by Gasteiger charge is -2.15. The molecule has 0 bridgehead atoms. The molecule has 27 heavy (non-hydrogen) atoms. The Morgan fingerprint density at radius 3 is 2.56 bits per heavy atom. The van der Waals surface area contributed by atoms with E-state index in [1.54, 1.807) is 6.07 Å². The number of amides is 2. The van der Waals surface area contributed by atoms with Gasteiger partial charge in [-0.05, 0) is 18.1 Å². The number of aryl methyl sites for hydroxylation is 1. The summed E-state index contributed by atoms with van der Waals surface area (Å²) in [6, 6.07) is 3.81. The molecular weight excluding hydrogens is 396 g/mol. The highest BCUT2D eigenvalue weighted by molar-refractivity contribution is 5.87. The Morgan fingerprint density at radius 1 is 1.26 bits per heavy atom. The van der Waals surface area contributed by atoms with Crippen LogP contribution in [0.1, 0.15) is 19.7 Å². The number of rotatable bonds is 7. The lowest BCUT2D eigenvalue weighted by Crippen LogP contribution is -2.47. The Labute approximate surface area is 170 Å². The topological polar surface area (TPSA) is 102 Å². The number of hydrogen-bond donors (Lipinski definition) is 3. The van der Waals surface area contributed by atoms with Crippen molar-refractivity contribution >= 4 is 47.7 Å². The number of hydrogen-bond acceptors (Lipinski definition) is 4. The highest BCUT2D eigenvalue weighted by atomic mass is 35.5. The summed E-state index contributed by atoms with van der Waals surface area (Å²) in [5, 5.41) is 5.23. The second kappa shape index (κ2) is 11.1. The van der Waals surface area contributed by atoms with Crippen LogP contribution in [0, 0.1) is 11.7 Å². The van der Waals surface area contributed by atoms with Gasteiger partial charge in [0, 0.05) is 26.1 Å². The molecule has 7 nitrogen and oxygen atoms in total. The molecule has 2 aromatic rings. The minimum Gasteiger partial charge on any atom is -0.354 e. The van der Waals surface area contributed by atoms with E-state index in [1.807, 2.05) is 25.5 Å². The molecule has 0 aliphatic rings. The number of aromatic nitrogens is 2. The molecule has 0 saturated heterocycles. The van der Waals surface area contributed by atoms with Gasteiger partial charge in [-0.2, -0.15) is 0 Å². The summed E-state index contributed by atoms with van der Waals surface area (Å²) < 4.78 is 15.1. The number of benzene rings is 1. The fraction of sp³-hybridized carbons (Fsp3) is 0.471. The van der Waals surface area contributed by atoms with E-state index in [0.717, 1.165) is 11.3 Å². The molecule has 0 spiro atoms. The van der Waals surface area contributed by atoms with Crippen LogP contribution < -0.4 is 16.4 Å². The smallest absolute Gasteiger partial charge is 0.239 e. The van der Waals surface area contributed by atoms with Gasteiger partial charge in [0.25, 0.3) is 0 Å². The summed E-state index contributed by atoms with van der Waals surface area (Å²) in [6.07, 6.45) is 0.498. The molecule has 0 saturated carbocycles. The SMILES string of the molecule is CC(C)[C@H](N)C(=O)NCC(=O)NCCc1nc2cc(F)ccc2n1C.Cl.Cl. The first-order valence-electron chi connectivity index (χ1n) is 8.20. The van der Waals surface area contributed by atoms with Crippen LogP contribution in [-0.4, -0.2) is 40.5 Å². The number of halogens is 3. The van der Waals surface area contributed by atoms with Crippen LogP contribution in [0.25, 0.3) is 11.0 Å². The normalized spacial score (nSPS) is 11.5. The van der Waals surface area contributed by atoms with Crippen molar-refractivity contribution in [3.8, 4) is 0 Å². The molecule has 0 aliphatic heterocycles. The first-order chi connectivity index (χ1) is 11.8. The maximum atomic E-state index is 13.2. The first-order valence-corrected chi connectivity index (χ1v) is 8.20. The van der Waals surface area contributed by atoms with E-state index in [1.165, 1.54) is 12.1 Å². The largest absolute Gasteiger partial charge is 0.354 e. The monoisotopic (exact) mass is 421 g/mol. The van der Waals surface area contributed by atoms with E-state index in [2.05, 4.69) is 15.6 Å². The van der Waals surface area contributed by atoms with Crippen LogP contribution in [-0.2, 0) is 23.1 Å². The number of fused-ring (bicyclic) bond motifs is 1. The van der Waals surface area contributed by atoms with Crippen LogP contribution in [0.5, 0.6) is 0 Å². The van der Waals surface area contributed by atoms with Gasteiger partial charge in [0.1, 0.15) is 11.6 Å². The van der Waals surface area contributed by atoms with Gasteiger partial charge < -0.3 is 20.9 Å². The predicted molar refractivity (Wildman–Crippen MR) is 108 cm³/mol. The number of carbonyl (C=O) groups is 2. The Balaban J connectivity index is 0.00000338. The lowest BCUT2D eigenvalue weighted by atomic mass is 10.1. The summed E-state index contributed by atoms with van der Waals surface area (Å²) in [7, 11) is 1.85. The fourth-order valence-corrected chi connectivity index (χ4v) is 2.41. The summed E-state index contributed by atoms with van der Waals surface area (Å²) in [6.45, 7) is 3.93. The third kappa shape index (κ3) is 6.64. The Morgan fingerprint density at radius 2 is 1.93 bits per heavy atom. The van der Waals surface area contributed by atoms with Gasteiger partial charge in [0.15, 0.2) is 0 Å². The van der Waals surface area contributed by atoms with Crippen LogP contribution in [0.3, 0.4) is 0 Å². The molecule has 10 heteroatoms. The maximum absolute atomic E-state index is 13.2. The molecular formula is C17H26Cl2FN5O2. The number of nitrogens with zero attached hydrogens (tertiary/aromatic N) is 2. The van der Waals surface area contributed by atoms with Crippen molar-refractivity contribution in [2.75, 3.05) is 13.1 Å². The molecule has 152 valence electrons. The zero-order valence-electron chi connectivity index (χ0n) is 15.5. The number of imidazole rings is 1. The molecule has 1 heterocycles. The molecule has 0 radical (unpaired) electrons. The summed E-state index contributed by atoms with van der Waals surface area (Å²) in [5.74, 6) is -0.227. The highest BCUT2D eigenvalue weighted by Crippen LogP contribution is 2.16. The van der Waals surface area contributed by atoms with Crippen molar-refractivity contribution in [1.82, 2.24) is 20.2 Å². The Hall–Kier alpha value is -1.90. The molecule has 0 fully saturated rings. The number of carbonyl (C=O) groups excluding carboxylic acids is 2. The Kier molecular flexibility index (Phi) is 10.3. The zero-order valence-corrected chi connectivity index (χ0v) is 17.1. The minimum absolute atomic E-state index is 0. The van der Waals surface area contributed by atoms with Crippen molar-refractivity contribution in [3.63, 3.8) is 0 Å². The molecule has 2 amide bonds. The van der Waals surface area contributed by atoms with Gasteiger partial charge in [-0.25, -0.2) is 9.37 Å². The van der Waals surface area contributed by atoms with E-state index >= 15 is 0 Å². The summed E-state index contributed by atoms with van der Waals surface area (Å²) in [5.41, 5.74) is 7.12. The third-order valence-corrected chi connectivity index (χ3v) is 4.05. The standard InChI is InChI=1S/C17H24FN5O2.2ClH/c1-10(2)16(19)17(25)21-9-15(24)20-7-6-14-22-12-8-11(18)4-5-13(12)23(14)3;;/h4-5,8,10,16H,6-7,9,19H2,1-3H3,(H,20,24)(H,21,25);2*1H/t16-;;/m0../s1. The van der Waals surface area contributed by atoms with E-state index in [9.17, 15) is 14.0 Å². The second-order valence-corrected chi connectivity index (χ2v) is 6.31. The molecule has 0 unspecified atom stereocenters. The van der Waals surface area contributed by atoms with Crippen molar-refractivity contribution in [3.05, 3.63) is 29.8 Å². The molecule has 0 aliphatic carbocycles. The number of nitrogens with one attached hydrogen (secondary N) is 2. The van der Waals surface area contributed by atoms with Gasteiger partial charge >= 0.3 is 0 Å². The summed E-state index contributed by atoms with van der Waals surface area (Å²) >= 11 is 0. The third-order valence-electron chi connectivity index (χ3n) is 4.05. The van der Waals surface area contributed by atoms with Gasteiger partial charge in [0.2, 0.25) is 11.8 Å². The van der Waals surface area contributed by atoms with E-state index in [-0.39, 0.29) is 54.9 Å². The van der Waals surface area contributed by atoms with Crippen molar-refractivity contribution < 1.29 is 14.0 Å². The van der Waals surface area contributed by atoms with Crippen LogP contribution in [0.2, 0.25) is 0 Å². The van der Waals surface area contributed by atoms with Crippen LogP contribution in [0.15, 0.2) is 18.2 Å². The average Bonchev–Trinajstić information content (AvgIpc) is 2.87. The molecule has 1 atom stereocenters. The quantitative estimate of drug-likeness (QED) is 0.626. The van der Waals surface area contributed by atoms with Gasteiger partial charge in [0.05, 0.1) is 23.6 Å². The van der Waals surface area contributed by atoms with E-state index < -0.39 is 6.04 Å². The first kappa shape index (κ1) is 25.1. The van der Waals surface area contributed by atoms with Crippen molar-refractivity contribution in [2.45, 2.75) is 26.3 Å². The fourth-order valence-electron chi connectivity index (χ4n) is 2.41. The van der Waals surface area contributed by atoms with Gasteiger partial charge in [-0.15, -0.1) is 24.8 Å². The van der Waals surface area contributed by atoms with E-state index in [4.69, 9.17) is 5.73 Å². The zero-order chi connectivity index (χ0) is 18.6. The van der Waals surface area contributed by atoms with Crippen LogP contribution in [0.4, 0.5) is 4.39 Å². The van der Waals surface area contributed by atoms with Gasteiger partial charge in [-0.3, -0.25) is 9.59 Å². The molecule has 4 N–H and O–H groups in total.